The van der Waals surface area contributed by atoms with Crippen LogP contribution in [0.1, 0.15) is 23.2 Å². The number of pyridine rings is 1. The first-order valence-corrected chi connectivity index (χ1v) is 11.2. The highest BCUT2D eigenvalue weighted by Gasteiger charge is 2.29. The summed E-state index contributed by atoms with van der Waals surface area (Å²) in [6, 6.07) is 18.3. The Morgan fingerprint density at radius 3 is 2.61 bits per heavy atom. The average Bonchev–Trinajstić information content (AvgIpc) is 3.29. The summed E-state index contributed by atoms with van der Waals surface area (Å²) >= 11 is 5.92. The van der Waals surface area contributed by atoms with Crippen LogP contribution in [-0.4, -0.2) is 44.3 Å². The number of carbonyl (C=O) groups excluding carboxylic acids is 2. The molecule has 1 unspecified atom stereocenters. The number of rotatable bonds is 4. The van der Waals surface area contributed by atoms with Gasteiger partial charge in [0.2, 0.25) is 5.91 Å². The monoisotopic (exact) mass is 459 g/mol. The Bertz CT molecular complexity index is 1300. The highest BCUT2D eigenvalue weighted by atomic mass is 35.5. The maximum atomic E-state index is 12.9. The van der Waals surface area contributed by atoms with E-state index in [2.05, 4.69) is 15.3 Å². The van der Waals surface area contributed by atoms with Crippen molar-refractivity contribution in [2.75, 3.05) is 18.4 Å². The van der Waals surface area contributed by atoms with Gasteiger partial charge in [0.1, 0.15) is 12.1 Å². The van der Waals surface area contributed by atoms with Crippen LogP contribution in [0.2, 0.25) is 5.02 Å². The number of benzene rings is 2. The first-order chi connectivity index (χ1) is 16.1. The van der Waals surface area contributed by atoms with E-state index >= 15 is 0 Å². The van der Waals surface area contributed by atoms with Crippen LogP contribution in [0.3, 0.4) is 0 Å². The SMILES string of the molecule is O=C(Nc1ccc(-n2cnc3ccccc32)nc1)C1CCCN(C(=O)c2ccc(Cl)cc2)C1. The number of anilines is 1. The number of piperidine rings is 1. The van der Waals surface area contributed by atoms with Crippen molar-refractivity contribution in [1.29, 1.82) is 0 Å². The number of aromatic nitrogens is 3. The van der Waals surface area contributed by atoms with Gasteiger partial charge in [-0.2, -0.15) is 0 Å². The third-order valence-corrected chi connectivity index (χ3v) is 6.14. The fraction of sp³-hybridized carbons (Fsp3) is 0.200. The number of fused-ring (bicyclic) bond motifs is 1. The van der Waals surface area contributed by atoms with Crippen LogP contribution < -0.4 is 5.32 Å². The Labute approximate surface area is 196 Å². The molecule has 1 aliphatic rings. The minimum absolute atomic E-state index is 0.0808. The van der Waals surface area contributed by atoms with Gasteiger partial charge in [-0.05, 0) is 61.4 Å². The molecule has 1 aliphatic heterocycles. The van der Waals surface area contributed by atoms with Crippen LogP contribution in [0.15, 0.2) is 73.2 Å². The van der Waals surface area contributed by atoms with Crippen LogP contribution >= 0.6 is 11.6 Å². The summed E-state index contributed by atoms with van der Waals surface area (Å²) in [5.74, 6) is 0.264. The van der Waals surface area contributed by atoms with E-state index < -0.39 is 0 Å². The van der Waals surface area contributed by atoms with Crippen molar-refractivity contribution in [1.82, 2.24) is 19.4 Å². The first kappa shape index (κ1) is 21.2. The second-order valence-corrected chi connectivity index (χ2v) is 8.53. The largest absolute Gasteiger partial charge is 0.338 e. The van der Waals surface area contributed by atoms with Gasteiger partial charge in [0.05, 0.1) is 28.8 Å². The number of para-hydroxylation sites is 2. The lowest BCUT2D eigenvalue weighted by atomic mass is 9.96. The van der Waals surface area contributed by atoms with E-state index in [4.69, 9.17) is 11.6 Å². The lowest BCUT2D eigenvalue weighted by molar-refractivity contribution is -0.121. The van der Waals surface area contributed by atoms with E-state index in [-0.39, 0.29) is 17.7 Å². The number of halogens is 1. The van der Waals surface area contributed by atoms with E-state index in [1.807, 2.05) is 41.0 Å². The summed E-state index contributed by atoms with van der Waals surface area (Å²) in [6.07, 6.45) is 4.89. The highest BCUT2D eigenvalue weighted by Crippen LogP contribution is 2.22. The van der Waals surface area contributed by atoms with Crippen molar-refractivity contribution in [2.24, 2.45) is 5.92 Å². The predicted octanol–water partition coefficient (Wildman–Crippen LogP) is 4.56. The smallest absolute Gasteiger partial charge is 0.253 e. The van der Waals surface area contributed by atoms with Crippen LogP contribution in [0.5, 0.6) is 0 Å². The lowest BCUT2D eigenvalue weighted by Crippen LogP contribution is -2.43. The van der Waals surface area contributed by atoms with E-state index in [9.17, 15) is 9.59 Å². The van der Waals surface area contributed by atoms with E-state index in [0.29, 0.717) is 29.4 Å². The topological polar surface area (TPSA) is 80.1 Å². The van der Waals surface area contributed by atoms with Crippen LogP contribution in [0.25, 0.3) is 16.9 Å². The predicted molar refractivity (Wildman–Crippen MR) is 128 cm³/mol. The molecule has 2 amide bonds. The molecule has 3 heterocycles. The van der Waals surface area contributed by atoms with Crippen molar-refractivity contribution < 1.29 is 9.59 Å². The third kappa shape index (κ3) is 4.45. The molecule has 1 fully saturated rings. The van der Waals surface area contributed by atoms with Crippen molar-refractivity contribution in [3.8, 4) is 5.82 Å². The molecule has 7 nitrogen and oxygen atoms in total. The number of likely N-dealkylation sites (tertiary alicyclic amines) is 1. The van der Waals surface area contributed by atoms with Crippen molar-refractivity contribution >= 4 is 40.1 Å². The molecule has 4 aromatic rings. The Morgan fingerprint density at radius 1 is 1.00 bits per heavy atom. The average molecular weight is 460 g/mol. The quantitative estimate of drug-likeness (QED) is 0.485. The number of nitrogens with one attached hydrogen (secondary N) is 1. The summed E-state index contributed by atoms with van der Waals surface area (Å²) in [7, 11) is 0. The molecule has 166 valence electrons. The Morgan fingerprint density at radius 2 is 1.82 bits per heavy atom. The zero-order valence-electron chi connectivity index (χ0n) is 17.8. The molecule has 8 heteroatoms. The summed E-state index contributed by atoms with van der Waals surface area (Å²) in [4.78, 5) is 36.3. The number of amides is 2. The second kappa shape index (κ2) is 9.03. The van der Waals surface area contributed by atoms with Gasteiger partial charge in [-0.1, -0.05) is 23.7 Å². The Hall–Kier alpha value is -3.71. The van der Waals surface area contributed by atoms with Crippen molar-refractivity contribution in [3.63, 3.8) is 0 Å². The van der Waals surface area contributed by atoms with Gasteiger partial charge < -0.3 is 10.2 Å². The molecule has 0 spiro atoms. The minimum Gasteiger partial charge on any atom is -0.338 e. The van der Waals surface area contributed by atoms with E-state index in [1.165, 1.54) is 0 Å². The van der Waals surface area contributed by atoms with Gasteiger partial charge in [-0.3, -0.25) is 14.2 Å². The summed E-state index contributed by atoms with van der Waals surface area (Å²) in [5.41, 5.74) is 3.06. The molecular weight excluding hydrogens is 438 g/mol. The molecular formula is C25H22ClN5O2. The van der Waals surface area contributed by atoms with E-state index in [1.54, 1.807) is 41.7 Å². The fourth-order valence-corrected chi connectivity index (χ4v) is 4.27. The van der Waals surface area contributed by atoms with Crippen LogP contribution in [0.4, 0.5) is 5.69 Å². The van der Waals surface area contributed by atoms with Gasteiger partial charge in [0.15, 0.2) is 0 Å². The van der Waals surface area contributed by atoms with E-state index in [0.717, 1.165) is 29.7 Å². The lowest BCUT2D eigenvalue weighted by Gasteiger charge is -2.32. The highest BCUT2D eigenvalue weighted by molar-refractivity contribution is 6.30. The summed E-state index contributed by atoms with van der Waals surface area (Å²) < 4.78 is 1.91. The maximum absolute atomic E-state index is 12.9. The molecule has 0 saturated carbocycles. The van der Waals surface area contributed by atoms with Gasteiger partial charge >= 0.3 is 0 Å². The normalized spacial score (nSPS) is 16.0. The number of hydrogen-bond acceptors (Lipinski definition) is 4. The molecule has 2 aromatic heterocycles. The Balaban J connectivity index is 1.24. The van der Waals surface area contributed by atoms with Gasteiger partial charge in [-0.15, -0.1) is 0 Å². The fourth-order valence-electron chi connectivity index (χ4n) is 4.14. The number of hydrogen-bond donors (Lipinski definition) is 1. The standard InChI is InChI=1S/C25H22ClN5O2/c26-19-9-7-17(8-10-19)25(33)30-13-3-4-18(15-30)24(32)29-20-11-12-23(27-14-20)31-16-28-21-5-1-2-6-22(21)31/h1-2,5-12,14,16,18H,3-4,13,15H2,(H,29,32). The number of nitrogens with zero attached hydrogens (tertiary/aromatic N) is 4. The Kier molecular flexibility index (Phi) is 5.79. The molecule has 33 heavy (non-hydrogen) atoms. The first-order valence-electron chi connectivity index (χ1n) is 10.8. The molecule has 0 radical (unpaired) electrons. The van der Waals surface area contributed by atoms with Gasteiger partial charge in [0, 0.05) is 23.7 Å². The number of carbonyl (C=O) groups is 2. The molecule has 1 atom stereocenters. The third-order valence-electron chi connectivity index (χ3n) is 5.89. The molecule has 0 aliphatic carbocycles. The van der Waals surface area contributed by atoms with Crippen LogP contribution in [-0.2, 0) is 4.79 Å². The minimum atomic E-state index is -0.271. The maximum Gasteiger partial charge on any atom is 0.253 e. The molecule has 0 bridgehead atoms. The van der Waals surface area contributed by atoms with Crippen molar-refractivity contribution in [2.45, 2.75) is 12.8 Å². The van der Waals surface area contributed by atoms with Gasteiger partial charge in [0.25, 0.3) is 5.91 Å². The van der Waals surface area contributed by atoms with Gasteiger partial charge in [-0.25, -0.2) is 9.97 Å². The molecule has 2 aromatic carbocycles. The summed E-state index contributed by atoms with van der Waals surface area (Å²) in [6.45, 7) is 1.03. The molecule has 1 saturated heterocycles. The molecule has 5 rings (SSSR count). The van der Waals surface area contributed by atoms with Crippen LogP contribution in [0, 0.1) is 5.92 Å². The van der Waals surface area contributed by atoms with Crippen molar-refractivity contribution in [3.05, 3.63) is 83.8 Å². The summed E-state index contributed by atoms with van der Waals surface area (Å²) in [5, 5.41) is 3.53. The molecule has 1 N–H and O–H groups in total. The second-order valence-electron chi connectivity index (χ2n) is 8.09. The number of imidazole rings is 1. The zero-order valence-corrected chi connectivity index (χ0v) is 18.6. The zero-order chi connectivity index (χ0) is 22.8.